The lowest BCUT2D eigenvalue weighted by Crippen LogP contribution is -2.45. The van der Waals surface area contributed by atoms with Crippen molar-refractivity contribution in [1.82, 2.24) is 9.88 Å². The number of carbonyl (C=O) groups is 3. The minimum absolute atomic E-state index is 0.0271. The first kappa shape index (κ1) is 27.2. The molecule has 38 heavy (non-hydrogen) atoms. The molecule has 3 amide bonds. The summed E-state index contributed by atoms with van der Waals surface area (Å²) in [6, 6.07) is 13.7. The summed E-state index contributed by atoms with van der Waals surface area (Å²) < 4.78 is 27.7. The summed E-state index contributed by atoms with van der Waals surface area (Å²) in [7, 11) is -3.73. The second-order valence-electron chi connectivity index (χ2n) is 8.81. The second-order valence-corrected chi connectivity index (χ2v) is 10.9. The third kappa shape index (κ3) is 6.74. The van der Waals surface area contributed by atoms with Crippen LogP contribution >= 0.6 is 11.6 Å². The number of halogens is 1. The molecule has 10 nitrogen and oxygen atoms in total. The van der Waals surface area contributed by atoms with Crippen molar-refractivity contribution in [3.8, 4) is 0 Å². The van der Waals surface area contributed by atoms with Gasteiger partial charge in [-0.25, -0.2) is 4.98 Å². The zero-order valence-corrected chi connectivity index (χ0v) is 22.2. The Labute approximate surface area is 225 Å². The number of pyridine rings is 1. The molecule has 0 unspecified atom stereocenters. The van der Waals surface area contributed by atoms with Gasteiger partial charge in [0.05, 0.1) is 24.1 Å². The number of benzene rings is 2. The first-order valence-electron chi connectivity index (χ1n) is 11.6. The lowest BCUT2D eigenvalue weighted by atomic mass is 10.1. The van der Waals surface area contributed by atoms with Gasteiger partial charge < -0.3 is 15.5 Å². The monoisotopic (exact) mass is 556 g/mol. The van der Waals surface area contributed by atoms with Gasteiger partial charge in [-0.15, -0.1) is 0 Å². The summed E-state index contributed by atoms with van der Waals surface area (Å²) >= 11 is 6.06. The summed E-state index contributed by atoms with van der Waals surface area (Å²) in [5, 5.41) is 5.78. The van der Waals surface area contributed by atoms with Crippen molar-refractivity contribution < 1.29 is 27.0 Å². The number of carbonyl (C=O) groups excluding carboxylic acids is 3. The number of amides is 3. The maximum atomic E-state index is 13.5. The molecule has 4 rings (SSSR count). The van der Waals surface area contributed by atoms with Gasteiger partial charge in [0, 0.05) is 29.7 Å². The largest absolute Gasteiger partial charge is 0.323 e. The molecule has 1 aromatic heterocycles. The van der Waals surface area contributed by atoms with Gasteiger partial charge in [0.25, 0.3) is 21.9 Å². The quantitative estimate of drug-likeness (QED) is 0.404. The highest BCUT2D eigenvalue weighted by Crippen LogP contribution is 2.28. The minimum atomic E-state index is -3.73. The van der Waals surface area contributed by atoms with Gasteiger partial charge in [-0.1, -0.05) is 29.8 Å². The van der Waals surface area contributed by atoms with E-state index in [1.54, 1.807) is 42.6 Å². The molecule has 0 saturated heterocycles. The van der Waals surface area contributed by atoms with E-state index in [2.05, 4.69) is 15.6 Å². The molecular formula is C26H25ClN4O6S. The van der Waals surface area contributed by atoms with E-state index in [9.17, 15) is 22.8 Å². The molecule has 2 N–H and O–H groups in total. The third-order valence-electron chi connectivity index (χ3n) is 5.82. The lowest BCUT2D eigenvalue weighted by Gasteiger charge is -2.28. The van der Waals surface area contributed by atoms with Crippen molar-refractivity contribution in [2.75, 3.05) is 23.5 Å². The SMILES string of the molecule is Cc1ccc(NC(=O)c2ccc(CN3C(=O)c4ccc(Cl)cc4NC(=O)[C@H]3CCOS(C)(=O)=O)cc2)nc1. The van der Waals surface area contributed by atoms with Crippen LogP contribution in [0.5, 0.6) is 0 Å². The number of hydrogen-bond donors (Lipinski definition) is 2. The smallest absolute Gasteiger partial charge is 0.264 e. The molecule has 2 heterocycles. The Bertz CT molecular complexity index is 1480. The Morgan fingerprint density at radius 3 is 2.53 bits per heavy atom. The van der Waals surface area contributed by atoms with Crippen LogP contribution in [0.2, 0.25) is 5.02 Å². The summed E-state index contributed by atoms with van der Waals surface area (Å²) in [6.07, 6.45) is 2.50. The Kier molecular flexibility index (Phi) is 8.10. The number of rotatable bonds is 8. The van der Waals surface area contributed by atoms with Crippen LogP contribution in [0.25, 0.3) is 0 Å². The van der Waals surface area contributed by atoms with E-state index in [1.807, 2.05) is 13.0 Å². The second kappa shape index (κ2) is 11.3. The van der Waals surface area contributed by atoms with E-state index in [0.717, 1.165) is 11.8 Å². The first-order valence-corrected chi connectivity index (χ1v) is 13.8. The van der Waals surface area contributed by atoms with E-state index in [0.29, 0.717) is 22.0 Å². The number of hydrogen-bond acceptors (Lipinski definition) is 7. The molecule has 198 valence electrons. The highest BCUT2D eigenvalue weighted by molar-refractivity contribution is 7.85. The van der Waals surface area contributed by atoms with Crippen LogP contribution in [-0.4, -0.2) is 54.9 Å². The van der Waals surface area contributed by atoms with Crippen molar-refractivity contribution in [1.29, 1.82) is 0 Å². The zero-order chi connectivity index (χ0) is 27.4. The number of anilines is 2. The van der Waals surface area contributed by atoms with Crippen molar-refractivity contribution in [2.45, 2.75) is 25.9 Å². The summed E-state index contributed by atoms with van der Waals surface area (Å²) in [6.45, 7) is 1.64. The van der Waals surface area contributed by atoms with Gasteiger partial charge in [-0.05, 0) is 54.4 Å². The predicted octanol–water partition coefficient (Wildman–Crippen LogP) is 3.63. The number of nitrogens with zero attached hydrogens (tertiary/aromatic N) is 2. The number of fused-ring (bicyclic) bond motifs is 1. The normalized spacial score (nSPS) is 15.4. The summed E-state index contributed by atoms with van der Waals surface area (Å²) in [4.78, 5) is 44.8. The predicted molar refractivity (Wildman–Crippen MR) is 143 cm³/mol. The molecule has 1 aliphatic rings. The average molecular weight is 557 g/mol. The van der Waals surface area contributed by atoms with E-state index in [4.69, 9.17) is 15.8 Å². The topological polar surface area (TPSA) is 135 Å². The van der Waals surface area contributed by atoms with Gasteiger partial charge in [-0.2, -0.15) is 8.42 Å². The van der Waals surface area contributed by atoms with Gasteiger partial charge in [-0.3, -0.25) is 18.6 Å². The highest BCUT2D eigenvalue weighted by Gasteiger charge is 2.35. The average Bonchev–Trinajstić information content (AvgIpc) is 2.94. The van der Waals surface area contributed by atoms with Crippen LogP contribution in [0.3, 0.4) is 0 Å². The zero-order valence-electron chi connectivity index (χ0n) is 20.6. The van der Waals surface area contributed by atoms with E-state index < -0.39 is 28.0 Å². The van der Waals surface area contributed by atoms with Gasteiger partial charge in [0.15, 0.2) is 0 Å². The Balaban J connectivity index is 1.56. The molecule has 0 aliphatic carbocycles. The molecule has 1 atom stereocenters. The fraction of sp³-hybridized carbons (Fsp3) is 0.231. The van der Waals surface area contributed by atoms with E-state index in [1.165, 1.54) is 17.0 Å². The Morgan fingerprint density at radius 1 is 1.13 bits per heavy atom. The molecule has 2 aromatic carbocycles. The van der Waals surface area contributed by atoms with Gasteiger partial charge in [0.2, 0.25) is 5.91 Å². The third-order valence-corrected chi connectivity index (χ3v) is 6.65. The number of aryl methyl sites for hydroxylation is 1. The molecule has 12 heteroatoms. The van der Waals surface area contributed by atoms with Crippen LogP contribution in [0, 0.1) is 6.92 Å². The lowest BCUT2D eigenvalue weighted by molar-refractivity contribution is -0.121. The van der Waals surface area contributed by atoms with Crippen LogP contribution in [-0.2, 0) is 25.6 Å². The van der Waals surface area contributed by atoms with E-state index in [-0.39, 0.29) is 36.7 Å². The first-order chi connectivity index (χ1) is 18.0. The molecule has 0 bridgehead atoms. The van der Waals surface area contributed by atoms with Crippen LogP contribution in [0.4, 0.5) is 11.5 Å². The van der Waals surface area contributed by atoms with Gasteiger partial charge in [0.1, 0.15) is 11.9 Å². The van der Waals surface area contributed by atoms with Crippen LogP contribution < -0.4 is 10.6 Å². The fourth-order valence-electron chi connectivity index (χ4n) is 3.93. The molecule has 1 aliphatic heterocycles. The molecule has 0 radical (unpaired) electrons. The summed E-state index contributed by atoms with van der Waals surface area (Å²) in [5.41, 5.74) is 2.52. The van der Waals surface area contributed by atoms with Crippen molar-refractivity contribution in [2.24, 2.45) is 0 Å². The van der Waals surface area contributed by atoms with E-state index >= 15 is 0 Å². The summed E-state index contributed by atoms with van der Waals surface area (Å²) in [5.74, 6) is -0.867. The maximum absolute atomic E-state index is 13.5. The number of aromatic nitrogens is 1. The maximum Gasteiger partial charge on any atom is 0.264 e. The highest BCUT2D eigenvalue weighted by atomic mass is 35.5. The van der Waals surface area contributed by atoms with Crippen molar-refractivity contribution in [3.63, 3.8) is 0 Å². The molecule has 0 saturated carbocycles. The Hall–Kier alpha value is -3.80. The Morgan fingerprint density at radius 2 is 1.87 bits per heavy atom. The standard InChI is InChI=1S/C26H25ClN4O6S/c1-16-3-10-23(28-14-16)30-24(32)18-6-4-17(5-7-18)15-31-22(11-12-37-38(2,35)36)25(33)29-21-13-19(27)8-9-20(21)26(31)34/h3-10,13-14,22H,11-12,15H2,1-2H3,(H,29,33)(H,28,30,32)/t22-/m1/s1. The molecule has 0 fully saturated rings. The van der Waals surface area contributed by atoms with Crippen molar-refractivity contribution in [3.05, 3.63) is 88.1 Å². The van der Waals surface area contributed by atoms with Gasteiger partial charge >= 0.3 is 0 Å². The minimum Gasteiger partial charge on any atom is -0.323 e. The van der Waals surface area contributed by atoms with Crippen LogP contribution in [0.1, 0.15) is 38.3 Å². The molecular weight excluding hydrogens is 532 g/mol. The van der Waals surface area contributed by atoms with Crippen LogP contribution in [0.15, 0.2) is 60.8 Å². The molecule has 3 aromatic rings. The van der Waals surface area contributed by atoms with Crippen molar-refractivity contribution >= 4 is 50.9 Å². The molecule has 0 spiro atoms. The number of nitrogens with one attached hydrogen (secondary N) is 2. The fourth-order valence-corrected chi connectivity index (χ4v) is 4.50.